The monoisotopic (exact) mass is 504 g/mol. The molecule has 0 aromatic heterocycles. The Hall–Kier alpha value is -1.98. The van der Waals surface area contributed by atoms with Crippen LogP contribution < -0.4 is 9.47 Å². The molecule has 0 bridgehead atoms. The van der Waals surface area contributed by atoms with Crippen molar-refractivity contribution in [3.8, 4) is 11.5 Å². The molecule has 1 saturated heterocycles. The van der Waals surface area contributed by atoms with E-state index in [1.807, 2.05) is 20.8 Å². The van der Waals surface area contributed by atoms with Crippen LogP contribution in [0.2, 0.25) is 0 Å². The van der Waals surface area contributed by atoms with Gasteiger partial charge in [-0.1, -0.05) is 0 Å². The van der Waals surface area contributed by atoms with Crippen LogP contribution in [0.15, 0.2) is 30.0 Å². The zero-order valence-electron chi connectivity index (χ0n) is 19.3. The first-order valence-corrected chi connectivity index (χ1v) is 12.5. The SMILES string of the molecule is COCOc1ccc2c(c1)[C@]13C=C(OS(=O)(=O)C(F)(F)F)CC[C@@]14[C@H](CC[C@@]4(C)O2)C(C)(C)O3. The van der Waals surface area contributed by atoms with Crippen molar-refractivity contribution in [3.05, 3.63) is 35.6 Å². The average Bonchev–Trinajstić information content (AvgIpc) is 3.14. The van der Waals surface area contributed by atoms with Crippen LogP contribution in [0.1, 0.15) is 52.0 Å². The second kappa shape index (κ2) is 7.04. The van der Waals surface area contributed by atoms with E-state index < -0.39 is 37.8 Å². The van der Waals surface area contributed by atoms with Gasteiger partial charge >= 0.3 is 15.6 Å². The largest absolute Gasteiger partial charge is 0.534 e. The Morgan fingerprint density at radius 3 is 2.59 bits per heavy atom. The smallest absolute Gasteiger partial charge is 0.486 e. The first-order chi connectivity index (χ1) is 15.7. The van der Waals surface area contributed by atoms with Crippen LogP contribution >= 0.6 is 0 Å². The normalized spacial score (nSPS) is 35.5. The van der Waals surface area contributed by atoms with Crippen molar-refractivity contribution in [2.75, 3.05) is 13.9 Å². The van der Waals surface area contributed by atoms with Crippen molar-refractivity contribution in [1.82, 2.24) is 0 Å². The van der Waals surface area contributed by atoms with Crippen LogP contribution in [-0.4, -0.2) is 39.0 Å². The zero-order valence-corrected chi connectivity index (χ0v) is 20.1. The summed E-state index contributed by atoms with van der Waals surface area (Å²) in [6.07, 6.45) is 3.34. The predicted octanol–water partition coefficient (Wildman–Crippen LogP) is 4.76. The lowest BCUT2D eigenvalue weighted by Crippen LogP contribution is -2.62. The van der Waals surface area contributed by atoms with Gasteiger partial charge in [-0.25, -0.2) is 0 Å². The number of halogens is 3. The van der Waals surface area contributed by atoms with Crippen molar-refractivity contribution in [3.63, 3.8) is 0 Å². The Bertz CT molecular complexity index is 1160. The zero-order chi connectivity index (χ0) is 24.8. The Morgan fingerprint density at radius 2 is 1.91 bits per heavy atom. The van der Waals surface area contributed by atoms with Crippen LogP contribution in [0.3, 0.4) is 0 Å². The number of allylic oxidation sites excluding steroid dienone is 1. The topological polar surface area (TPSA) is 80.3 Å². The number of benzene rings is 1. The summed E-state index contributed by atoms with van der Waals surface area (Å²) in [7, 11) is -4.33. The minimum absolute atomic E-state index is 0.00148. The molecule has 188 valence electrons. The highest BCUT2D eigenvalue weighted by molar-refractivity contribution is 7.87. The number of methoxy groups -OCH3 is 1. The molecule has 4 atom stereocenters. The molecule has 1 aromatic rings. The van der Waals surface area contributed by atoms with E-state index in [2.05, 4.69) is 4.18 Å². The minimum Gasteiger partial charge on any atom is -0.486 e. The van der Waals surface area contributed by atoms with E-state index in [-0.39, 0.29) is 24.9 Å². The summed E-state index contributed by atoms with van der Waals surface area (Å²) >= 11 is 0. The lowest BCUT2D eigenvalue weighted by molar-refractivity contribution is -0.170. The molecule has 2 aliphatic carbocycles. The number of alkyl halides is 3. The fourth-order valence-corrected chi connectivity index (χ4v) is 7.45. The van der Waals surface area contributed by atoms with Gasteiger partial charge in [-0.3, -0.25) is 0 Å². The maximum absolute atomic E-state index is 13.1. The molecule has 2 fully saturated rings. The molecule has 4 aliphatic rings. The van der Waals surface area contributed by atoms with E-state index in [0.29, 0.717) is 23.5 Å². The molecule has 5 rings (SSSR count). The maximum Gasteiger partial charge on any atom is 0.534 e. The van der Waals surface area contributed by atoms with Crippen molar-refractivity contribution < 1.29 is 44.7 Å². The molecule has 7 nitrogen and oxygen atoms in total. The van der Waals surface area contributed by atoms with Gasteiger partial charge in [0, 0.05) is 25.0 Å². The van der Waals surface area contributed by atoms with Crippen molar-refractivity contribution in [1.29, 1.82) is 0 Å². The third-order valence-corrected chi connectivity index (χ3v) is 9.04. The predicted molar refractivity (Wildman–Crippen MR) is 113 cm³/mol. The van der Waals surface area contributed by atoms with E-state index >= 15 is 0 Å². The van der Waals surface area contributed by atoms with Crippen LogP contribution in [-0.2, 0) is 29.4 Å². The van der Waals surface area contributed by atoms with Gasteiger partial charge in [0.25, 0.3) is 0 Å². The minimum atomic E-state index is -5.82. The molecule has 1 saturated carbocycles. The summed E-state index contributed by atoms with van der Waals surface area (Å²) in [5.74, 6) is 0.713. The number of hydrogen-bond acceptors (Lipinski definition) is 7. The Kier molecular flexibility index (Phi) is 4.92. The second-order valence-corrected chi connectivity index (χ2v) is 11.7. The van der Waals surface area contributed by atoms with Crippen molar-refractivity contribution in [2.24, 2.45) is 11.3 Å². The molecular weight excluding hydrogens is 477 g/mol. The van der Waals surface area contributed by atoms with Crippen LogP contribution in [0.4, 0.5) is 13.2 Å². The third kappa shape index (κ3) is 2.92. The molecular formula is C23H27F3O7S. The first-order valence-electron chi connectivity index (χ1n) is 11.1. The average molecular weight is 505 g/mol. The van der Waals surface area contributed by atoms with Gasteiger partial charge in [0.2, 0.25) is 0 Å². The maximum atomic E-state index is 13.1. The molecule has 0 amide bonds. The molecule has 11 heteroatoms. The number of rotatable bonds is 5. The Morgan fingerprint density at radius 1 is 1.18 bits per heavy atom. The van der Waals surface area contributed by atoms with E-state index in [0.717, 1.165) is 12.8 Å². The van der Waals surface area contributed by atoms with Gasteiger partial charge in [0.05, 0.1) is 11.0 Å². The molecule has 1 aromatic carbocycles. The van der Waals surface area contributed by atoms with Crippen LogP contribution in [0, 0.1) is 11.3 Å². The van der Waals surface area contributed by atoms with E-state index in [4.69, 9.17) is 18.9 Å². The molecule has 2 heterocycles. The molecule has 0 unspecified atom stereocenters. The van der Waals surface area contributed by atoms with Crippen molar-refractivity contribution in [2.45, 2.75) is 68.8 Å². The fraction of sp³-hybridized carbons (Fsp3) is 0.652. The molecule has 0 N–H and O–H groups in total. The van der Waals surface area contributed by atoms with Gasteiger partial charge < -0.3 is 23.1 Å². The summed E-state index contributed by atoms with van der Waals surface area (Å²) in [5.41, 5.74) is -8.18. The van der Waals surface area contributed by atoms with E-state index in [1.165, 1.54) is 13.2 Å². The summed E-state index contributed by atoms with van der Waals surface area (Å²) < 4.78 is 91.5. The van der Waals surface area contributed by atoms with Gasteiger partial charge in [0.1, 0.15) is 28.5 Å². The first kappa shape index (κ1) is 23.7. The molecule has 34 heavy (non-hydrogen) atoms. The Balaban J connectivity index is 1.73. The van der Waals surface area contributed by atoms with Crippen LogP contribution in [0.5, 0.6) is 11.5 Å². The lowest BCUT2D eigenvalue weighted by atomic mass is 9.52. The summed E-state index contributed by atoms with van der Waals surface area (Å²) in [4.78, 5) is 0. The highest BCUT2D eigenvalue weighted by Gasteiger charge is 2.80. The third-order valence-electron chi connectivity index (χ3n) is 8.03. The number of ether oxygens (including phenoxy) is 4. The number of fused-ring (bicyclic) bond motifs is 1. The molecule has 1 spiro atoms. The van der Waals surface area contributed by atoms with Gasteiger partial charge in [0.15, 0.2) is 6.79 Å². The van der Waals surface area contributed by atoms with Gasteiger partial charge in [-0.05, 0) is 64.3 Å². The fourth-order valence-electron chi connectivity index (χ4n) is 6.95. The quantitative estimate of drug-likeness (QED) is 0.325. The van der Waals surface area contributed by atoms with Gasteiger partial charge in [-0.15, -0.1) is 0 Å². The lowest BCUT2D eigenvalue weighted by Gasteiger charge is -2.57. The standard InChI is InChI=1S/C23H27F3O7S/c1-19(2)18-8-9-20(3)21(18)10-7-15(32-34(27,28)23(24,25)26)12-22(21,33-19)16-11-14(30-13-29-4)5-6-17(16)31-20/h5-6,11-12,18H,7-10,13H2,1-4H3/t18-,20-,21+,22-/m1/s1. The van der Waals surface area contributed by atoms with Crippen molar-refractivity contribution >= 4 is 10.1 Å². The molecule has 0 radical (unpaired) electrons. The number of hydrogen-bond donors (Lipinski definition) is 0. The summed E-state index contributed by atoms with van der Waals surface area (Å²) in [5, 5.41) is 0. The summed E-state index contributed by atoms with van der Waals surface area (Å²) in [6, 6.07) is 5.18. The van der Waals surface area contributed by atoms with Gasteiger partial charge in [-0.2, -0.15) is 21.6 Å². The highest BCUT2D eigenvalue weighted by Crippen LogP contribution is 2.77. The summed E-state index contributed by atoms with van der Waals surface area (Å²) in [6.45, 7) is 5.93. The molecule has 2 aliphatic heterocycles. The van der Waals surface area contributed by atoms with Crippen LogP contribution in [0.25, 0.3) is 0 Å². The second-order valence-electron chi connectivity index (χ2n) is 10.1. The highest BCUT2D eigenvalue weighted by atomic mass is 32.2. The Labute approximate surface area is 196 Å². The van der Waals surface area contributed by atoms with E-state index in [9.17, 15) is 21.6 Å². The van der Waals surface area contributed by atoms with E-state index in [1.54, 1.807) is 18.2 Å².